The number of fused-ring (bicyclic) bond motifs is 1. The average Bonchev–Trinajstić information content (AvgIpc) is 3.09. The number of amides is 1. The summed E-state index contributed by atoms with van der Waals surface area (Å²) in [5.41, 5.74) is 4.51. The van der Waals surface area contributed by atoms with Crippen molar-refractivity contribution in [2.75, 3.05) is 5.32 Å². The number of carbonyl (C=O) groups excluding carboxylic acids is 1. The van der Waals surface area contributed by atoms with E-state index in [9.17, 15) is 13.6 Å². The van der Waals surface area contributed by atoms with Gasteiger partial charge in [-0.15, -0.1) is 0 Å². The van der Waals surface area contributed by atoms with Gasteiger partial charge in [-0.25, -0.2) is 18.8 Å². The number of pyridine rings is 1. The van der Waals surface area contributed by atoms with Gasteiger partial charge in [-0.2, -0.15) is 0 Å². The minimum atomic E-state index is -0.980. The Balaban J connectivity index is 1.51. The monoisotopic (exact) mass is 411 g/mol. The molecular formula is C22H16ClF2N3O. The molecular weight excluding hydrogens is 396 g/mol. The van der Waals surface area contributed by atoms with Gasteiger partial charge in [-0.3, -0.25) is 4.79 Å². The van der Waals surface area contributed by atoms with E-state index in [1.165, 1.54) is 6.07 Å². The SMILES string of the molecule is Cc1cnc2c(c1)CC(c1cc(NC(=O)Cc3ccc(F)c(F)c3)ccc1Cl)=N2. The van der Waals surface area contributed by atoms with Crippen molar-refractivity contribution in [1.29, 1.82) is 0 Å². The summed E-state index contributed by atoms with van der Waals surface area (Å²) >= 11 is 6.36. The lowest BCUT2D eigenvalue weighted by molar-refractivity contribution is -0.115. The van der Waals surface area contributed by atoms with Gasteiger partial charge >= 0.3 is 0 Å². The van der Waals surface area contributed by atoms with Crippen LogP contribution in [0.25, 0.3) is 0 Å². The predicted octanol–water partition coefficient (Wildman–Crippen LogP) is 5.18. The first-order valence-electron chi connectivity index (χ1n) is 8.96. The average molecular weight is 412 g/mol. The Hall–Kier alpha value is -3.12. The molecule has 0 radical (unpaired) electrons. The van der Waals surface area contributed by atoms with E-state index < -0.39 is 11.6 Å². The van der Waals surface area contributed by atoms with Crippen LogP contribution in [0.3, 0.4) is 0 Å². The Bertz CT molecular complexity index is 1160. The molecule has 3 aromatic rings. The number of hydrogen-bond acceptors (Lipinski definition) is 3. The second-order valence-corrected chi connectivity index (χ2v) is 7.31. The minimum absolute atomic E-state index is 0.0786. The summed E-state index contributed by atoms with van der Waals surface area (Å²) in [6, 6.07) is 10.6. The number of anilines is 1. The van der Waals surface area contributed by atoms with E-state index in [1.807, 2.05) is 13.0 Å². The highest BCUT2D eigenvalue weighted by Gasteiger charge is 2.20. The Morgan fingerprint density at radius 1 is 1.14 bits per heavy atom. The van der Waals surface area contributed by atoms with Gasteiger partial charge in [0, 0.05) is 34.5 Å². The minimum Gasteiger partial charge on any atom is -0.326 e. The second kappa shape index (κ2) is 7.72. The lowest BCUT2D eigenvalue weighted by Gasteiger charge is -2.10. The molecule has 2 aromatic carbocycles. The predicted molar refractivity (Wildman–Crippen MR) is 109 cm³/mol. The van der Waals surface area contributed by atoms with Crippen LogP contribution in [0.5, 0.6) is 0 Å². The van der Waals surface area contributed by atoms with E-state index in [1.54, 1.807) is 24.4 Å². The van der Waals surface area contributed by atoms with Crippen LogP contribution in [0.4, 0.5) is 20.3 Å². The summed E-state index contributed by atoms with van der Waals surface area (Å²) in [5, 5.41) is 3.28. The van der Waals surface area contributed by atoms with Gasteiger partial charge in [0.2, 0.25) is 5.91 Å². The molecule has 7 heteroatoms. The highest BCUT2D eigenvalue weighted by Crippen LogP contribution is 2.31. The molecule has 4 rings (SSSR count). The number of carbonyl (C=O) groups is 1. The third-order valence-electron chi connectivity index (χ3n) is 4.59. The quantitative estimate of drug-likeness (QED) is 0.643. The van der Waals surface area contributed by atoms with E-state index in [0.29, 0.717) is 34.1 Å². The third kappa shape index (κ3) is 4.17. The molecule has 0 bridgehead atoms. The molecule has 1 aromatic heterocycles. The van der Waals surface area contributed by atoms with Crippen molar-refractivity contribution in [2.45, 2.75) is 19.8 Å². The maximum Gasteiger partial charge on any atom is 0.228 e. The lowest BCUT2D eigenvalue weighted by atomic mass is 10.0. The number of halogens is 3. The Kier molecular flexibility index (Phi) is 5.11. The molecule has 1 aliphatic heterocycles. The van der Waals surface area contributed by atoms with Gasteiger partial charge < -0.3 is 5.32 Å². The highest BCUT2D eigenvalue weighted by atomic mass is 35.5. The molecule has 4 nitrogen and oxygen atoms in total. The topological polar surface area (TPSA) is 54.4 Å². The summed E-state index contributed by atoms with van der Waals surface area (Å²) < 4.78 is 26.4. The standard InChI is InChI=1S/C22H16ClF2N3O/c1-12-6-14-9-20(28-22(14)26-11-12)16-10-15(3-4-17(16)23)27-21(29)8-13-2-5-18(24)19(25)7-13/h2-7,10-11H,8-9H2,1H3,(H,27,29). The molecule has 2 heterocycles. The molecule has 29 heavy (non-hydrogen) atoms. The van der Waals surface area contributed by atoms with Crippen molar-refractivity contribution in [3.63, 3.8) is 0 Å². The van der Waals surface area contributed by atoms with E-state index >= 15 is 0 Å². The molecule has 0 aliphatic carbocycles. The number of rotatable bonds is 4. The van der Waals surface area contributed by atoms with E-state index in [2.05, 4.69) is 15.3 Å². The summed E-state index contributed by atoms with van der Waals surface area (Å²) in [6.45, 7) is 1.97. The van der Waals surface area contributed by atoms with E-state index in [0.717, 1.165) is 29.0 Å². The van der Waals surface area contributed by atoms with Crippen LogP contribution < -0.4 is 5.32 Å². The van der Waals surface area contributed by atoms with Crippen molar-refractivity contribution < 1.29 is 13.6 Å². The first-order chi connectivity index (χ1) is 13.9. The number of aliphatic imine (C=N–C) groups is 1. The van der Waals surface area contributed by atoms with Crippen LogP contribution in [-0.2, 0) is 17.6 Å². The third-order valence-corrected chi connectivity index (χ3v) is 4.92. The first kappa shape index (κ1) is 19.2. The largest absolute Gasteiger partial charge is 0.326 e. The van der Waals surface area contributed by atoms with Gasteiger partial charge in [0.05, 0.1) is 12.1 Å². The number of hydrogen-bond donors (Lipinski definition) is 1. The molecule has 1 amide bonds. The molecule has 0 atom stereocenters. The van der Waals surface area contributed by atoms with Crippen LogP contribution >= 0.6 is 11.6 Å². The van der Waals surface area contributed by atoms with Crippen molar-refractivity contribution in [2.24, 2.45) is 4.99 Å². The van der Waals surface area contributed by atoms with Crippen LogP contribution in [0, 0.1) is 18.6 Å². The summed E-state index contributed by atoms with van der Waals surface area (Å²) in [7, 11) is 0. The Labute approximate surface area is 171 Å². The van der Waals surface area contributed by atoms with Crippen LogP contribution in [0.2, 0.25) is 5.02 Å². The molecule has 0 fully saturated rings. The zero-order valence-electron chi connectivity index (χ0n) is 15.5. The number of aryl methyl sites for hydroxylation is 1. The van der Waals surface area contributed by atoms with Gasteiger partial charge in [0.1, 0.15) is 0 Å². The van der Waals surface area contributed by atoms with Gasteiger partial charge in [-0.1, -0.05) is 23.7 Å². The van der Waals surface area contributed by atoms with Gasteiger partial charge in [-0.05, 0) is 48.4 Å². The van der Waals surface area contributed by atoms with Gasteiger partial charge in [0.25, 0.3) is 0 Å². The number of benzene rings is 2. The summed E-state index contributed by atoms with van der Waals surface area (Å²) in [4.78, 5) is 21.2. The van der Waals surface area contributed by atoms with E-state index in [-0.39, 0.29) is 12.3 Å². The molecule has 0 spiro atoms. The number of nitrogens with zero attached hydrogens (tertiary/aromatic N) is 2. The fourth-order valence-electron chi connectivity index (χ4n) is 3.22. The Morgan fingerprint density at radius 3 is 2.76 bits per heavy atom. The maximum absolute atomic E-state index is 13.3. The fourth-order valence-corrected chi connectivity index (χ4v) is 3.45. The van der Waals surface area contributed by atoms with Crippen molar-refractivity contribution in [3.8, 4) is 0 Å². The zero-order valence-corrected chi connectivity index (χ0v) is 16.2. The van der Waals surface area contributed by atoms with Crippen LogP contribution in [0.1, 0.15) is 22.3 Å². The molecule has 146 valence electrons. The number of nitrogens with one attached hydrogen (secondary N) is 1. The van der Waals surface area contributed by atoms with Crippen molar-refractivity contribution in [1.82, 2.24) is 4.98 Å². The maximum atomic E-state index is 13.3. The fraction of sp³-hybridized carbons (Fsp3) is 0.136. The Morgan fingerprint density at radius 2 is 1.97 bits per heavy atom. The molecule has 0 unspecified atom stereocenters. The smallest absolute Gasteiger partial charge is 0.228 e. The molecule has 0 saturated heterocycles. The molecule has 1 N–H and O–H groups in total. The first-order valence-corrected chi connectivity index (χ1v) is 9.33. The second-order valence-electron chi connectivity index (χ2n) is 6.90. The highest BCUT2D eigenvalue weighted by molar-refractivity contribution is 6.34. The normalized spacial score (nSPS) is 12.5. The van der Waals surface area contributed by atoms with Gasteiger partial charge in [0.15, 0.2) is 17.5 Å². The zero-order chi connectivity index (χ0) is 20.5. The van der Waals surface area contributed by atoms with E-state index in [4.69, 9.17) is 11.6 Å². The molecule has 1 aliphatic rings. The summed E-state index contributed by atoms with van der Waals surface area (Å²) in [5.74, 6) is -1.60. The summed E-state index contributed by atoms with van der Waals surface area (Å²) in [6.07, 6.45) is 2.29. The lowest BCUT2D eigenvalue weighted by Crippen LogP contribution is -2.15. The molecule has 0 saturated carbocycles. The number of aromatic nitrogens is 1. The van der Waals surface area contributed by atoms with Crippen LogP contribution in [0.15, 0.2) is 53.7 Å². The van der Waals surface area contributed by atoms with Crippen molar-refractivity contribution in [3.05, 3.63) is 87.6 Å². The van der Waals surface area contributed by atoms with Crippen LogP contribution in [-0.4, -0.2) is 16.6 Å². The van der Waals surface area contributed by atoms with Crippen molar-refractivity contribution >= 4 is 34.7 Å².